The van der Waals surface area contributed by atoms with E-state index in [4.69, 9.17) is 5.73 Å². The minimum absolute atomic E-state index is 0.0611. The van der Waals surface area contributed by atoms with E-state index in [0.29, 0.717) is 17.8 Å². The van der Waals surface area contributed by atoms with Crippen molar-refractivity contribution in [3.05, 3.63) is 54.0 Å². The molecule has 3 heterocycles. The zero-order valence-corrected chi connectivity index (χ0v) is 18.9. The van der Waals surface area contributed by atoms with Gasteiger partial charge in [0.2, 0.25) is 12.3 Å². The number of hydrogen-bond acceptors (Lipinski definition) is 6. The lowest BCUT2D eigenvalue weighted by Crippen LogP contribution is -2.27. The van der Waals surface area contributed by atoms with Crippen molar-refractivity contribution in [3.63, 3.8) is 0 Å². The number of rotatable bonds is 6. The largest absolute Gasteiger partial charge is 0.383 e. The van der Waals surface area contributed by atoms with Gasteiger partial charge in [-0.05, 0) is 49.0 Å². The van der Waals surface area contributed by atoms with E-state index in [0.717, 1.165) is 60.2 Å². The maximum absolute atomic E-state index is 12.8. The Labute approximate surface area is 196 Å². The Morgan fingerprint density at radius 2 is 1.88 bits per heavy atom. The van der Waals surface area contributed by atoms with Crippen molar-refractivity contribution in [1.82, 2.24) is 24.8 Å². The fourth-order valence-corrected chi connectivity index (χ4v) is 4.96. The molecule has 2 aromatic heterocycles. The number of anilines is 1. The van der Waals surface area contributed by atoms with Crippen LogP contribution < -0.4 is 11.1 Å². The van der Waals surface area contributed by atoms with Crippen LogP contribution in [0.3, 0.4) is 0 Å². The van der Waals surface area contributed by atoms with Crippen molar-refractivity contribution in [3.8, 4) is 11.1 Å². The Kier molecular flexibility index (Phi) is 5.61. The monoisotopic (exact) mass is 458 g/mol. The van der Waals surface area contributed by atoms with E-state index >= 15 is 0 Å². The summed E-state index contributed by atoms with van der Waals surface area (Å²) in [6, 6.07) is 7.65. The molecule has 0 spiro atoms. The minimum atomic E-state index is -0.439. The molecule has 0 bridgehead atoms. The third-order valence-corrected chi connectivity index (χ3v) is 6.74. The molecule has 2 aliphatic rings. The van der Waals surface area contributed by atoms with Gasteiger partial charge in [-0.3, -0.25) is 19.7 Å². The van der Waals surface area contributed by atoms with Crippen LogP contribution >= 0.6 is 0 Å². The lowest BCUT2D eigenvalue weighted by Gasteiger charge is -2.15. The standard InChI is InChI=1S/C25H26N6O3/c1-30-22(18-12-17(18)8-9-19(33)29-14-32)20(21-23(26)27-13-28-24(21)30)15-4-6-16(7-5-15)25(34)31-10-2-3-11-31/h4-9,13-14,17-18H,2-3,10-12H2,1H3,(H2,26,27,28)(H,29,32,33)/t17-,18-/m0/s1. The van der Waals surface area contributed by atoms with Crippen molar-refractivity contribution in [2.24, 2.45) is 13.0 Å². The van der Waals surface area contributed by atoms with Crippen molar-refractivity contribution >= 4 is 35.1 Å². The molecule has 3 N–H and O–H groups in total. The van der Waals surface area contributed by atoms with Gasteiger partial charge in [-0.25, -0.2) is 9.97 Å². The normalized spacial score (nSPS) is 19.6. The molecule has 1 aromatic carbocycles. The van der Waals surface area contributed by atoms with Gasteiger partial charge in [0.25, 0.3) is 5.91 Å². The number of nitrogens with two attached hydrogens (primary N) is 1. The predicted molar refractivity (Wildman–Crippen MR) is 128 cm³/mol. The van der Waals surface area contributed by atoms with Crippen LogP contribution in [-0.2, 0) is 16.6 Å². The number of nitrogens with one attached hydrogen (secondary N) is 1. The van der Waals surface area contributed by atoms with Crippen molar-refractivity contribution < 1.29 is 14.4 Å². The summed E-state index contributed by atoms with van der Waals surface area (Å²) in [7, 11) is 1.96. The van der Waals surface area contributed by atoms with Gasteiger partial charge >= 0.3 is 0 Å². The van der Waals surface area contributed by atoms with Crippen LogP contribution in [0.4, 0.5) is 5.82 Å². The van der Waals surface area contributed by atoms with Gasteiger partial charge in [0.15, 0.2) is 0 Å². The van der Waals surface area contributed by atoms with Crippen LogP contribution in [0.1, 0.15) is 41.2 Å². The van der Waals surface area contributed by atoms with Gasteiger partial charge in [0.1, 0.15) is 17.8 Å². The van der Waals surface area contributed by atoms with E-state index in [1.54, 1.807) is 0 Å². The molecular formula is C25H26N6O3. The van der Waals surface area contributed by atoms with Gasteiger partial charge < -0.3 is 15.2 Å². The van der Waals surface area contributed by atoms with E-state index in [9.17, 15) is 14.4 Å². The first-order valence-corrected chi connectivity index (χ1v) is 11.4. The molecule has 2 fully saturated rings. The number of aryl methyl sites for hydroxylation is 1. The first-order chi connectivity index (χ1) is 16.5. The maximum Gasteiger partial charge on any atom is 0.253 e. The summed E-state index contributed by atoms with van der Waals surface area (Å²) < 4.78 is 2.04. The van der Waals surface area contributed by atoms with Crippen LogP contribution in [0.2, 0.25) is 0 Å². The number of nitrogens with zero attached hydrogens (tertiary/aromatic N) is 4. The maximum atomic E-state index is 12.8. The number of nitrogen functional groups attached to an aromatic ring is 1. The number of fused-ring (bicyclic) bond motifs is 1. The van der Waals surface area contributed by atoms with Crippen molar-refractivity contribution in [1.29, 1.82) is 0 Å². The zero-order valence-electron chi connectivity index (χ0n) is 18.9. The number of likely N-dealkylation sites (tertiary alicyclic amines) is 1. The van der Waals surface area contributed by atoms with Crippen molar-refractivity contribution in [2.75, 3.05) is 18.8 Å². The Morgan fingerprint density at radius 1 is 1.15 bits per heavy atom. The number of carbonyl (C=O) groups is 3. The van der Waals surface area contributed by atoms with Gasteiger partial charge in [-0.2, -0.15) is 0 Å². The van der Waals surface area contributed by atoms with E-state index < -0.39 is 5.91 Å². The first-order valence-electron chi connectivity index (χ1n) is 11.4. The van der Waals surface area contributed by atoms with E-state index in [2.05, 4.69) is 15.3 Å². The average Bonchev–Trinajstić information content (AvgIpc) is 3.24. The van der Waals surface area contributed by atoms with Gasteiger partial charge in [-0.15, -0.1) is 0 Å². The Hall–Kier alpha value is -4.01. The van der Waals surface area contributed by atoms with Crippen LogP contribution in [0.5, 0.6) is 0 Å². The summed E-state index contributed by atoms with van der Waals surface area (Å²) >= 11 is 0. The number of amides is 3. The van der Waals surface area contributed by atoms with Crippen LogP contribution in [0.25, 0.3) is 22.2 Å². The Bertz CT molecular complexity index is 1300. The quantitative estimate of drug-likeness (QED) is 0.432. The third-order valence-electron chi connectivity index (χ3n) is 6.74. The summed E-state index contributed by atoms with van der Waals surface area (Å²) in [5.74, 6) is 0.346. The Balaban J connectivity index is 1.52. The second-order valence-electron chi connectivity index (χ2n) is 8.85. The van der Waals surface area contributed by atoms with Gasteiger partial charge in [0.05, 0.1) is 5.39 Å². The summed E-state index contributed by atoms with van der Waals surface area (Å²) in [5, 5.41) is 2.90. The first kappa shape index (κ1) is 21.8. The molecule has 1 aliphatic carbocycles. The summed E-state index contributed by atoms with van der Waals surface area (Å²) in [5.41, 5.74) is 10.7. The molecule has 5 rings (SSSR count). The van der Waals surface area contributed by atoms with Crippen molar-refractivity contribution in [2.45, 2.75) is 25.2 Å². The lowest BCUT2D eigenvalue weighted by molar-refractivity contribution is -0.121. The molecule has 1 saturated carbocycles. The molecule has 34 heavy (non-hydrogen) atoms. The summed E-state index contributed by atoms with van der Waals surface area (Å²) in [4.78, 5) is 45.5. The third kappa shape index (κ3) is 3.83. The van der Waals surface area contributed by atoms with Crippen LogP contribution in [0, 0.1) is 5.92 Å². The predicted octanol–water partition coefficient (Wildman–Crippen LogP) is 2.39. The van der Waals surface area contributed by atoms with Crippen LogP contribution in [-0.4, -0.2) is 50.7 Å². The fourth-order valence-electron chi connectivity index (χ4n) is 4.96. The number of benzene rings is 1. The topological polar surface area (TPSA) is 123 Å². The minimum Gasteiger partial charge on any atom is -0.383 e. The lowest BCUT2D eigenvalue weighted by atomic mass is 9.98. The van der Waals surface area contributed by atoms with E-state index in [1.807, 2.05) is 46.9 Å². The highest BCUT2D eigenvalue weighted by Crippen LogP contribution is 2.53. The van der Waals surface area contributed by atoms with Gasteiger partial charge in [-0.1, -0.05) is 18.2 Å². The number of allylic oxidation sites excluding steroid dienone is 1. The van der Waals surface area contributed by atoms with E-state index in [-0.39, 0.29) is 17.7 Å². The molecule has 1 aliphatic heterocycles. The molecule has 3 aromatic rings. The highest BCUT2D eigenvalue weighted by molar-refractivity contribution is 6.03. The summed E-state index contributed by atoms with van der Waals surface area (Å²) in [6.07, 6.45) is 8.02. The zero-order chi connectivity index (χ0) is 23.8. The molecule has 1 saturated heterocycles. The molecule has 9 heteroatoms. The number of hydrogen-bond donors (Lipinski definition) is 2. The second-order valence-corrected chi connectivity index (χ2v) is 8.85. The average molecular weight is 459 g/mol. The second kappa shape index (κ2) is 8.74. The molecular weight excluding hydrogens is 432 g/mol. The SMILES string of the molecule is Cn1c([C@H]2C[C@@H]2C=CC(=O)NC=O)c(-c2ccc(C(=O)N3CCCC3)cc2)c2c(N)ncnc21. The molecule has 0 radical (unpaired) electrons. The van der Waals surface area contributed by atoms with E-state index in [1.165, 1.54) is 12.4 Å². The fraction of sp³-hybridized carbons (Fsp3) is 0.320. The highest BCUT2D eigenvalue weighted by Gasteiger charge is 2.41. The molecule has 9 nitrogen and oxygen atoms in total. The highest BCUT2D eigenvalue weighted by atomic mass is 16.2. The number of imide groups is 1. The molecule has 174 valence electrons. The number of aromatic nitrogens is 3. The Morgan fingerprint density at radius 3 is 2.59 bits per heavy atom. The van der Waals surface area contributed by atoms with Gasteiger partial charge in [0, 0.05) is 42.9 Å². The number of carbonyl (C=O) groups excluding carboxylic acids is 3. The molecule has 0 unspecified atom stereocenters. The smallest absolute Gasteiger partial charge is 0.253 e. The van der Waals surface area contributed by atoms with Crippen LogP contribution in [0.15, 0.2) is 42.7 Å². The molecule has 3 amide bonds. The molecule has 2 atom stereocenters. The summed E-state index contributed by atoms with van der Waals surface area (Å²) in [6.45, 7) is 1.62.